The van der Waals surface area contributed by atoms with Gasteiger partial charge in [-0.15, -0.1) is 0 Å². The summed E-state index contributed by atoms with van der Waals surface area (Å²) in [4.78, 5) is 14.0. The molecule has 92 valence electrons. The van der Waals surface area contributed by atoms with Crippen molar-refractivity contribution in [2.24, 2.45) is 0 Å². The molecule has 2 saturated heterocycles. The minimum atomic E-state index is -0.378. The molecule has 2 aliphatic rings. The molecular formula is C11H20N2O3. The van der Waals surface area contributed by atoms with E-state index in [1.54, 1.807) is 7.11 Å². The van der Waals surface area contributed by atoms with E-state index in [-0.39, 0.29) is 24.2 Å². The number of likely N-dealkylation sites (tertiary alicyclic amines) is 1. The second kappa shape index (κ2) is 5.12. The lowest BCUT2D eigenvalue weighted by atomic mass is 10.1. The largest absolute Gasteiger partial charge is 0.392 e. The van der Waals surface area contributed by atoms with Gasteiger partial charge in [0, 0.05) is 26.7 Å². The van der Waals surface area contributed by atoms with Gasteiger partial charge in [-0.25, -0.2) is 0 Å². The number of piperidine rings is 1. The first-order chi connectivity index (χ1) is 7.70. The van der Waals surface area contributed by atoms with Crippen LogP contribution in [0.5, 0.6) is 0 Å². The lowest BCUT2D eigenvalue weighted by Crippen LogP contribution is -2.49. The Kier molecular flexibility index (Phi) is 3.78. The molecule has 0 aromatic carbocycles. The number of hydrogen-bond donors (Lipinski definition) is 2. The number of β-amino-alcohol motifs (C(OH)–C–C–N with tert-alkyl or cyclic N) is 1. The van der Waals surface area contributed by atoms with Crippen molar-refractivity contribution < 1.29 is 14.6 Å². The predicted octanol–water partition coefficient (Wildman–Crippen LogP) is -0.653. The molecule has 2 fully saturated rings. The molecule has 0 aliphatic carbocycles. The van der Waals surface area contributed by atoms with Gasteiger partial charge in [0.25, 0.3) is 0 Å². The molecule has 0 spiro atoms. The lowest BCUT2D eigenvalue weighted by Gasteiger charge is -2.33. The minimum absolute atomic E-state index is 0.110. The number of amides is 1. The first-order valence-corrected chi connectivity index (χ1v) is 5.93. The minimum Gasteiger partial charge on any atom is -0.392 e. The van der Waals surface area contributed by atoms with Crippen molar-refractivity contribution in [3.8, 4) is 0 Å². The van der Waals surface area contributed by atoms with Gasteiger partial charge in [0.1, 0.15) is 0 Å². The molecule has 1 amide bonds. The highest BCUT2D eigenvalue weighted by molar-refractivity contribution is 5.82. The second-order valence-electron chi connectivity index (χ2n) is 4.63. The van der Waals surface area contributed by atoms with Crippen LogP contribution in [0.2, 0.25) is 0 Å². The summed E-state index contributed by atoms with van der Waals surface area (Å²) in [6.07, 6.45) is 2.36. The number of methoxy groups -OCH3 is 1. The number of aliphatic hydroxyl groups is 1. The molecule has 2 heterocycles. The van der Waals surface area contributed by atoms with Gasteiger partial charge in [-0.2, -0.15) is 0 Å². The maximum absolute atomic E-state index is 12.1. The quantitative estimate of drug-likeness (QED) is 0.659. The number of carbonyl (C=O) groups excluding carboxylic acids is 1. The third-order valence-corrected chi connectivity index (χ3v) is 3.43. The second-order valence-corrected chi connectivity index (χ2v) is 4.63. The highest BCUT2D eigenvalue weighted by Gasteiger charge is 2.33. The van der Waals surface area contributed by atoms with Crippen molar-refractivity contribution in [2.75, 3.05) is 26.7 Å². The Labute approximate surface area is 95.8 Å². The van der Waals surface area contributed by atoms with E-state index < -0.39 is 0 Å². The zero-order chi connectivity index (χ0) is 11.5. The van der Waals surface area contributed by atoms with Crippen LogP contribution in [0.4, 0.5) is 0 Å². The van der Waals surface area contributed by atoms with Gasteiger partial charge in [0.05, 0.1) is 18.2 Å². The fourth-order valence-electron chi connectivity index (χ4n) is 2.46. The van der Waals surface area contributed by atoms with Crippen molar-refractivity contribution in [2.45, 2.75) is 37.5 Å². The Balaban J connectivity index is 1.89. The molecular weight excluding hydrogens is 208 g/mol. The molecule has 5 heteroatoms. The average Bonchev–Trinajstić information content (AvgIpc) is 2.75. The van der Waals surface area contributed by atoms with E-state index in [1.807, 2.05) is 4.90 Å². The molecule has 2 aliphatic heterocycles. The molecule has 0 bridgehead atoms. The summed E-state index contributed by atoms with van der Waals surface area (Å²) in [5, 5.41) is 12.4. The summed E-state index contributed by atoms with van der Waals surface area (Å²) < 4.78 is 5.29. The van der Waals surface area contributed by atoms with Crippen LogP contribution in [-0.4, -0.2) is 60.9 Å². The van der Waals surface area contributed by atoms with E-state index in [1.165, 1.54) is 0 Å². The van der Waals surface area contributed by atoms with Crippen LogP contribution in [0.15, 0.2) is 0 Å². The van der Waals surface area contributed by atoms with Crippen LogP contribution in [0.1, 0.15) is 19.3 Å². The van der Waals surface area contributed by atoms with E-state index >= 15 is 0 Å². The maximum Gasteiger partial charge on any atom is 0.239 e. The molecule has 2 N–H and O–H groups in total. The van der Waals surface area contributed by atoms with Crippen LogP contribution in [-0.2, 0) is 9.53 Å². The highest BCUT2D eigenvalue weighted by Crippen LogP contribution is 2.16. The normalized spacial score (nSPS) is 35.4. The van der Waals surface area contributed by atoms with Crippen molar-refractivity contribution in [1.29, 1.82) is 0 Å². The zero-order valence-corrected chi connectivity index (χ0v) is 9.69. The van der Waals surface area contributed by atoms with E-state index in [9.17, 15) is 9.90 Å². The first-order valence-electron chi connectivity index (χ1n) is 5.93. The molecule has 2 rings (SSSR count). The highest BCUT2D eigenvalue weighted by atomic mass is 16.5. The van der Waals surface area contributed by atoms with Crippen molar-refractivity contribution in [3.63, 3.8) is 0 Å². The topological polar surface area (TPSA) is 61.8 Å². The van der Waals surface area contributed by atoms with Gasteiger partial charge < -0.3 is 20.1 Å². The van der Waals surface area contributed by atoms with Gasteiger partial charge in [0.15, 0.2) is 0 Å². The summed E-state index contributed by atoms with van der Waals surface area (Å²) in [5.74, 6) is 0.110. The van der Waals surface area contributed by atoms with Gasteiger partial charge in [-0.3, -0.25) is 4.79 Å². The Morgan fingerprint density at radius 1 is 1.56 bits per heavy atom. The lowest BCUT2D eigenvalue weighted by molar-refractivity contribution is -0.136. The van der Waals surface area contributed by atoms with Gasteiger partial charge >= 0.3 is 0 Å². The van der Waals surface area contributed by atoms with E-state index in [0.717, 1.165) is 19.4 Å². The fraction of sp³-hybridized carbons (Fsp3) is 0.909. The summed E-state index contributed by atoms with van der Waals surface area (Å²) in [6.45, 7) is 2.02. The Bertz CT molecular complexity index is 260. The molecule has 0 aromatic rings. The Hall–Kier alpha value is -0.650. The summed E-state index contributed by atoms with van der Waals surface area (Å²) >= 11 is 0. The Morgan fingerprint density at radius 2 is 2.38 bits per heavy atom. The number of rotatable bonds is 2. The van der Waals surface area contributed by atoms with Crippen molar-refractivity contribution in [1.82, 2.24) is 10.2 Å². The fourth-order valence-corrected chi connectivity index (χ4v) is 2.46. The SMILES string of the molecule is COC1CCCN(C(=O)C2CC(O)CN2)C1. The molecule has 5 nitrogen and oxygen atoms in total. The third-order valence-electron chi connectivity index (χ3n) is 3.43. The Morgan fingerprint density at radius 3 is 3.00 bits per heavy atom. The summed E-state index contributed by atoms with van der Waals surface area (Å²) in [5.41, 5.74) is 0. The van der Waals surface area contributed by atoms with Crippen LogP contribution in [0.25, 0.3) is 0 Å². The standard InChI is InChI=1S/C11H20N2O3/c1-16-9-3-2-4-13(7-9)11(15)10-5-8(14)6-12-10/h8-10,12,14H,2-7H2,1H3. The molecule has 0 aromatic heterocycles. The molecule has 3 atom stereocenters. The number of carbonyl (C=O) groups is 1. The van der Waals surface area contributed by atoms with Gasteiger partial charge in [-0.05, 0) is 19.3 Å². The molecule has 0 saturated carbocycles. The number of hydrogen-bond acceptors (Lipinski definition) is 4. The smallest absolute Gasteiger partial charge is 0.239 e. The number of nitrogens with one attached hydrogen (secondary N) is 1. The van der Waals surface area contributed by atoms with E-state index in [4.69, 9.17) is 4.74 Å². The third kappa shape index (κ3) is 2.53. The van der Waals surface area contributed by atoms with Crippen LogP contribution in [0, 0.1) is 0 Å². The monoisotopic (exact) mass is 228 g/mol. The summed E-state index contributed by atoms with van der Waals surface area (Å²) in [7, 11) is 1.69. The zero-order valence-electron chi connectivity index (χ0n) is 9.69. The van der Waals surface area contributed by atoms with Crippen molar-refractivity contribution >= 4 is 5.91 Å². The van der Waals surface area contributed by atoms with Crippen LogP contribution >= 0.6 is 0 Å². The number of nitrogens with zero attached hydrogens (tertiary/aromatic N) is 1. The predicted molar refractivity (Wildman–Crippen MR) is 59.0 cm³/mol. The number of ether oxygens (including phenoxy) is 1. The molecule has 16 heavy (non-hydrogen) atoms. The molecule has 3 unspecified atom stereocenters. The average molecular weight is 228 g/mol. The molecule has 0 radical (unpaired) electrons. The van der Waals surface area contributed by atoms with E-state index in [2.05, 4.69) is 5.32 Å². The number of aliphatic hydroxyl groups excluding tert-OH is 1. The van der Waals surface area contributed by atoms with Crippen molar-refractivity contribution in [3.05, 3.63) is 0 Å². The first kappa shape index (κ1) is 11.8. The van der Waals surface area contributed by atoms with Gasteiger partial charge in [-0.1, -0.05) is 0 Å². The van der Waals surface area contributed by atoms with E-state index in [0.29, 0.717) is 19.5 Å². The van der Waals surface area contributed by atoms with Gasteiger partial charge in [0.2, 0.25) is 5.91 Å². The van der Waals surface area contributed by atoms with Crippen LogP contribution < -0.4 is 5.32 Å². The maximum atomic E-state index is 12.1. The van der Waals surface area contributed by atoms with Crippen LogP contribution in [0.3, 0.4) is 0 Å². The summed E-state index contributed by atoms with van der Waals surface area (Å²) in [6, 6.07) is -0.203.